The van der Waals surface area contributed by atoms with Gasteiger partial charge in [-0.25, -0.2) is 4.99 Å². The fourth-order valence-electron chi connectivity index (χ4n) is 4.22. The Balaban J connectivity index is 1.63. The summed E-state index contributed by atoms with van der Waals surface area (Å²) in [5, 5.41) is 11.2. The fraction of sp³-hybridized carbons (Fsp3) is 0.0714. The van der Waals surface area contributed by atoms with E-state index in [4.69, 9.17) is 5.73 Å². The molecule has 172 valence electrons. The van der Waals surface area contributed by atoms with Gasteiger partial charge in [0.2, 0.25) is 0 Å². The molecule has 0 aliphatic carbocycles. The third kappa shape index (κ3) is 4.34. The lowest BCUT2D eigenvalue weighted by molar-refractivity contribution is -0.137. The van der Waals surface area contributed by atoms with Crippen molar-refractivity contribution in [3.63, 3.8) is 0 Å². The molecule has 0 bridgehead atoms. The van der Waals surface area contributed by atoms with Crippen LogP contribution in [0.5, 0.6) is 0 Å². The second-order valence-corrected chi connectivity index (χ2v) is 8.19. The molecular weight excluding hydrogens is 449 g/mol. The molecule has 2 N–H and O–H groups in total. The second kappa shape index (κ2) is 8.65. The van der Waals surface area contributed by atoms with Crippen LogP contribution in [0, 0.1) is 11.3 Å². The van der Waals surface area contributed by atoms with Gasteiger partial charge in [-0.15, -0.1) is 0 Å². The number of alkyl halides is 3. The van der Waals surface area contributed by atoms with Gasteiger partial charge in [0, 0.05) is 33.9 Å². The van der Waals surface area contributed by atoms with Gasteiger partial charge >= 0.3 is 6.18 Å². The maximum atomic E-state index is 13.1. The van der Waals surface area contributed by atoms with Gasteiger partial charge in [-0.2, -0.15) is 18.4 Å². The predicted molar refractivity (Wildman–Crippen MR) is 132 cm³/mol. The number of aliphatic imine (C=N–C) groups is 1. The largest absolute Gasteiger partial charge is 0.416 e. The van der Waals surface area contributed by atoms with Gasteiger partial charge in [-0.3, -0.25) is 0 Å². The Morgan fingerprint density at radius 1 is 0.857 bits per heavy atom. The summed E-state index contributed by atoms with van der Waals surface area (Å²) in [4.78, 5) is 4.23. The van der Waals surface area contributed by atoms with E-state index in [1.807, 2.05) is 42.5 Å². The van der Waals surface area contributed by atoms with Crippen molar-refractivity contribution in [3.05, 3.63) is 113 Å². The number of nitriles is 1. The minimum Gasteiger partial charge on any atom is -0.383 e. The molecule has 0 fully saturated rings. The lowest BCUT2D eigenvalue weighted by atomic mass is 10.1. The lowest BCUT2D eigenvalue weighted by Gasteiger charge is -2.09. The van der Waals surface area contributed by atoms with Crippen molar-refractivity contribution in [1.29, 1.82) is 5.26 Å². The number of benzene rings is 4. The Hall–Kier alpha value is -4.57. The molecule has 0 amide bonds. The summed E-state index contributed by atoms with van der Waals surface area (Å²) in [5.74, 6) is 0.103. The molecule has 1 aromatic heterocycles. The van der Waals surface area contributed by atoms with Gasteiger partial charge in [0.05, 0.1) is 22.9 Å². The zero-order chi connectivity index (χ0) is 24.6. The van der Waals surface area contributed by atoms with E-state index in [1.54, 1.807) is 12.1 Å². The molecule has 5 aromatic rings. The lowest BCUT2D eigenvalue weighted by Crippen LogP contribution is -2.13. The van der Waals surface area contributed by atoms with Crippen molar-refractivity contribution >= 4 is 33.3 Å². The minimum absolute atomic E-state index is 0.103. The number of amidine groups is 1. The molecule has 0 unspecified atom stereocenters. The first kappa shape index (κ1) is 22.2. The van der Waals surface area contributed by atoms with E-state index in [0.717, 1.165) is 39.5 Å². The third-order valence-corrected chi connectivity index (χ3v) is 5.90. The summed E-state index contributed by atoms with van der Waals surface area (Å²) in [7, 11) is 0. The van der Waals surface area contributed by atoms with Crippen LogP contribution in [0.2, 0.25) is 0 Å². The van der Waals surface area contributed by atoms with Crippen molar-refractivity contribution in [2.45, 2.75) is 12.7 Å². The third-order valence-electron chi connectivity index (χ3n) is 5.90. The average molecular weight is 468 g/mol. The molecule has 1 heterocycles. The molecule has 5 rings (SSSR count). The fourth-order valence-corrected chi connectivity index (χ4v) is 4.22. The van der Waals surface area contributed by atoms with Crippen molar-refractivity contribution in [2.75, 3.05) is 0 Å². The SMILES string of the molecule is N#Cc1ccc2c(c1)c1cc(C(N)=Nc3cccc(C(F)(F)F)c3)ccc1n2Cc1ccccc1. The number of hydrogen-bond acceptors (Lipinski definition) is 2. The summed E-state index contributed by atoms with van der Waals surface area (Å²) in [5.41, 5.74) is 9.72. The molecule has 4 aromatic carbocycles. The van der Waals surface area contributed by atoms with Crippen LogP contribution in [0.15, 0.2) is 96.0 Å². The summed E-state index contributed by atoms with van der Waals surface area (Å²) in [6.45, 7) is 0.639. The van der Waals surface area contributed by atoms with Crippen LogP contribution in [-0.2, 0) is 12.7 Å². The zero-order valence-electron chi connectivity index (χ0n) is 18.4. The maximum Gasteiger partial charge on any atom is 0.416 e. The average Bonchev–Trinajstić information content (AvgIpc) is 3.16. The normalized spacial score (nSPS) is 12.2. The smallest absolute Gasteiger partial charge is 0.383 e. The van der Waals surface area contributed by atoms with Crippen LogP contribution in [0.4, 0.5) is 18.9 Å². The van der Waals surface area contributed by atoms with Gasteiger partial charge in [0.15, 0.2) is 0 Å². The molecule has 0 saturated heterocycles. The van der Waals surface area contributed by atoms with Gasteiger partial charge in [-0.1, -0.05) is 36.4 Å². The quantitative estimate of drug-likeness (QED) is 0.234. The second-order valence-electron chi connectivity index (χ2n) is 8.19. The van der Waals surface area contributed by atoms with Crippen molar-refractivity contribution < 1.29 is 13.2 Å². The molecule has 4 nitrogen and oxygen atoms in total. The number of aromatic nitrogens is 1. The standard InChI is InChI=1S/C28H19F3N4/c29-28(30,31)21-7-4-8-22(15-21)34-27(33)20-10-12-26-24(14-20)23-13-19(16-32)9-11-25(23)35(26)17-18-5-2-1-3-6-18/h1-15H,17H2,(H2,33,34). The highest BCUT2D eigenvalue weighted by molar-refractivity contribution is 6.11. The summed E-state index contributed by atoms with van der Waals surface area (Å²) in [6, 6.07) is 28.1. The van der Waals surface area contributed by atoms with Crippen LogP contribution in [-0.4, -0.2) is 10.4 Å². The van der Waals surface area contributed by atoms with Crippen LogP contribution >= 0.6 is 0 Å². The number of fused-ring (bicyclic) bond motifs is 3. The summed E-state index contributed by atoms with van der Waals surface area (Å²) >= 11 is 0. The molecular formula is C28H19F3N4. The monoisotopic (exact) mass is 468 g/mol. The highest BCUT2D eigenvalue weighted by atomic mass is 19.4. The van der Waals surface area contributed by atoms with Crippen LogP contribution in [0.3, 0.4) is 0 Å². The minimum atomic E-state index is -4.46. The van der Waals surface area contributed by atoms with Gasteiger partial charge in [0.1, 0.15) is 5.84 Å². The van der Waals surface area contributed by atoms with E-state index in [2.05, 4.69) is 27.8 Å². The predicted octanol–water partition coefficient (Wildman–Crippen LogP) is 6.77. The van der Waals surface area contributed by atoms with Gasteiger partial charge in [0.25, 0.3) is 0 Å². The van der Waals surface area contributed by atoms with Crippen molar-refractivity contribution in [2.24, 2.45) is 10.7 Å². The molecule has 0 atom stereocenters. The van der Waals surface area contributed by atoms with E-state index in [1.165, 1.54) is 12.1 Å². The molecule has 0 radical (unpaired) electrons. The van der Waals surface area contributed by atoms with Crippen molar-refractivity contribution in [3.8, 4) is 6.07 Å². The first-order chi connectivity index (χ1) is 16.8. The van der Waals surface area contributed by atoms with Gasteiger partial charge < -0.3 is 10.3 Å². The Labute approximate surface area is 199 Å². The summed E-state index contributed by atoms with van der Waals surface area (Å²) < 4.78 is 41.4. The Morgan fingerprint density at radius 2 is 1.57 bits per heavy atom. The van der Waals surface area contributed by atoms with Gasteiger partial charge in [-0.05, 0) is 60.2 Å². The number of halogens is 3. The Morgan fingerprint density at radius 3 is 2.29 bits per heavy atom. The van der Waals surface area contributed by atoms with Crippen LogP contribution in [0.25, 0.3) is 21.8 Å². The maximum absolute atomic E-state index is 13.1. The topological polar surface area (TPSA) is 67.1 Å². The first-order valence-corrected chi connectivity index (χ1v) is 10.9. The molecule has 0 spiro atoms. The van der Waals surface area contributed by atoms with Crippen LogP contribution < -0.4 is 5.73 Å². The van der Waals surface area contributed by atoms with E-state index in [9.17, 15) is 18.4 Å². The number of nitrogens with two attached hydrogens (primary N) is 1. The van der Waals surface area contributed by atoms with E-state index >= 15 is 0 Å². The number of rotatable bonds is 4. The van der Waals surface area contributed by atoms with E-state index in [0.29, 0.717) is 17.7 Å². The van der Waals surface area contributed by atoms with E-state index < -0.39 is 11.7 Å². The van der Waals surface area contributed by atoms with Crippen LogP contribution in [0.1, 0.15) is 22.3 Å². The first-order valence-electron chi connectivity index (χ1n) is 10.9. The Bertz CT molecular complexity index is 1620. The van der Waals surface area contributed by atoms with E-state index in [-0.39, 0.29) is 11.5 Å². The van der Waals surface area contributed by atoms with Crippen molar-refractivity contribution in [1.82, 2.24) is 4.57 Å². The highest BCUT2D eigenvalue weighted by Gasteiger charge is 2.30. The molecule has 0 saturated carbocycles. The number of nitrogens with zero attached hydrogens (tertiary/aromatic N) is 3. The Kier molecular flexibility index (Phi) is 5.50. The molecule has 0 aliphatic rings. The molecule has 35 heavy (non-hydrogen) atoms. The molecule has 7 heteroatoms. The summed E-state index contributed by atoms with van der Waals surface area (Å²) in [6.07, 6.45) is -4.46. The molecule has 0 aliphatic heterocycles. The highest BCUT2D eigenvalue weighted by Crippen LogP contribution is 2.33. The zero-order valence-corrected chi connectivity index (χ0v) is 18.4. The number of hydrogen-bond donors (Lipinski definition) is 1.